The quantitative estimate of drug-likeness (QED) is 0.474. The van der Waals surface area contributed by atoms with Crippen LogP contribution < -0.4 is 0 Å². The predicted molar refractivity (Wildman–Crippen MR) is 30.7 cm³/mol. The molecule has 0 saturated heterocycles. The van der Waals surface area contributed by atoms with E-state index in [1.54, 1.807) is 0 Å². The summed E-state index contributed by atoms with van der Waals surface area (Å²) < 4.78 is 0. The van der Waals surface area contributed by atoms with Gasteiger partial charge in [0, 0.05) is 0 Å². The molecule has 8 heavy (non-hydrogen) atoms. The van der Waals surface area contributed by atoms with Crippen molar-refractivity contribution >= 4 is 31.8 Å². The van der Waals surface area contributed by atoms with Gasteiger partial charge in [-0.1, -0.05) is 0 Å². The van der Waals surface area contributed by atoms with Crippen molar-refractivity contribution in [2.75, 3.05) is 6.61 Å². The summed E-state index contributed by atoms with van der Waals surface area (Å²) in [7, 11) is 0. The molecule has 5 heteroatoms. The van der Waals surface area contributed by atoms with Crippen LogP contribution in [0.3, 0.4) is 0 Å². The van der Waals surface area contributed by atoms with E-state index in [1.807, 2.05) is 0 Å². The summed E-state index contributed by atoms with van der Waals surface area (Å²) in [5.74, 6) is -1.40. The van der Waals surface area contributed by atoms with E-state index in [4.69, 9.17) is 15.3 Å². The van der Waals surface area contributed by atoms with Crippen molar-refractivity contribution < 1.29 is 20.1 Å². The molecule has 0 fully saturated rings. The Kier molecular flexibility index (Phi) is 7.50. The Hall–Kier alpha value is 0.260. The zero-order chi connectivity index (χ0) is 5.86. The Morgan fingerprint density at radius 1 is 1.62 bits per heavy atom. The molecule has 1 unspecified atom stereocenters. The summed E-state index contributed by atoms with van der Waals surface area (Å²) in [6.45, 7) is -0.727. The van der Waals surface area contributed by atoms with Crippen molar-refractivity contribution in [2.45, 2.75) is 6.10 Å². The fourth-order valence-electron chi connectivity index (χ4n) is 0.0781. The van der Waals surface area contributed by atoms with Gasteiger partial charge in [-0.05, 0) is 0 Å². The summed E-state index contributed by atoms with van der Waals surface area (Å²) >= 11 is 0. The van der Waals surface area contributed by atoms with Crippen LogP contribution in [0.4, 0.5) is 0 Å². The van der Waals surface area contributed by atoms with Gasteiger partial charge in [-0.15, -0.1) is 0 Å². The van der Waals surface area contributed by atoms with Crippen LogP contribution in [0, 0.1) is 0 Å². The van der Waals surface area contributed by atoms with E-state index >= 15 is 0 Å². The Bertz CT molecular complexity index is 73.7. The Labute approximate surface area is 64.9 Å². The van der Waals surface area contributed by atoms with Crippen LogP contribution >= 0.6 is 0 Å². The van der Waals surface area contributed by atoms with Gasteiger partial charge in [0.05, 0.1) is 6.61 Å². The van der Waals surface area contributed by atoms with E-state index in [0.29, 0.717) is 0 Å². The molecule has 0 bridgehead atoms. The second-order valence-electron chi connectivity index (χ2n) is 1.04. The zero-order valence-electron chi connectivity index (χ0n) is 3.53. The molecule has 1 atom stereocenters. The topological polar surface area (TPSA) is 77.8 Å². The number of carbonyl (C=O) groups is 1. The number of carboxylic acid groups (broad SMARTS) is 1. The third kappa shape index (κ3) is 4.42. The number of carboxylic acids is 1. The predicted octanol–water partition coefficient (Wildman–Crippen LogP) is -2.76. The average Bonchev–Trinajstić information content (AvgIpc) is 1.65. The molecule has 0 aliphatic rings. The fraction of sp³-hybridized carbons (Fsp3) is 0.667. The van der Waals surface area contributed by atoms with Gasteiger partial charge in [-0.3, -0.25) is 0 Å². The molecule has 0 aliphatic carbocycles. The van der Waals surface area contributed by atoms with E-state index in [-0.39, 0.29) is 25.8 Å². The number of hydrogen-bond donors (Lipinski definition) is 3. The first-order valence-corrected chi connectivity index (χ1v) is 1.70. The van der Waals surface area contributed by atoms with E-state index < -0.39 is 18.7 Å². The van der Waals surface area contributed by atoms with Crippen molar-refractivity contribution in [3.8, 4) is 0 Å². The van der Waals surface area contributed by atoms with Crippen LogP contribution in [0.5, 0.6) is 0 Å². The Morgan fingerprint density at radius 2 is 2.00 bits per heavy atom. The number of aliphatic hydroxyl groups is 2. The minimum absolute atomic E-state index is 0. The van der Waals surface area contributed by atoms with Crippen molar-refractivity contribution in [1.82, 2.24) is 0 Å². The molecule has 0 aromatic carbocycles. The van der Waals surface area contributed by atoms with Crippen LogP contribution in [-0.2, 0) is 4.79 Å². The van der Waals surface area contributed by atoms with E-state index in [1.165, 1.54) is 0 Å². The second kappa shape index (κ2) is 5.40. The van der Waals surface area contributed by atoms with Crippen LogP contribution in [0.1, 0.15) is 0 Å². The van der Waals surface area contributed by atoms with Gasteiger partial charge in [0.25, 0.3) is 0 Å². The van der Waals surface area contributed by atoms with Gasteiger partial charge in [-0.25, -0.2) is 4.79 Å². The molecule has 0 spiro atoms. The molecule has 0 rings (SSSR count). The number of rotatable bonds is 2. The maximum atomic E-state index is 9.52. The third-order valence-electron chi connectivity index (χ3n) is 0.458. The second-order valence-corrected chi connectivity index (χ2v) is 1.04. The maximum absolute atomic E-state index is 9.52. The van der Waals surface area contributed by atoms with Gasteiger partial charge in [0.2, 0.25) is 0 Å². The van der Waals surface area contributed by atoms with Crippen molar-refractivity contribution in [3.63, 3.8) is 0 Å². The normalized spacial score (nSPS) is 11.8. The molecule has 4 nitrogen and oxygen atoms in total. The van der Waals surface area contributed by atoms with Gasteiger partial charge in [0.1, 0.15) is 0 Å². The summed E-state index contributed by atoms with van der Waals surface area (Å²) in [6, 6.07) is 0. The molecule has 0 aromatic rings. The van der Waals surface area contributed by atoms with Gasteiger partial charge >= 0.3 is 31.8 Å². The first kappa shape index (κ1) is 11.1. The van der Waals surface area contributed by atoms with E-state index in [0.717, 1.165) is 0 Å². The summed E-state index contributed by atoms with van der Waals surface area (Å²) in [5.41, 5.74) is 0. The van der Waals surface area contributed by atoms with Crippen molar-refractivity contribution in [3.05, 3.63) is 0 Å². The van der Waals surface area contributed by atoms with Crippen LogP contribution in [-0.4, -0.2) is 59.8 Å². The van der Waals surface area contributed by atoms with Gasteiger partial charge in [-0.2, -0.15) is 0 Å². The monoisotopic (exact) mass is 224 g/mol. The van der Waals surface area contributed by atoms with E-state index in [2.05, 4.69) is 0 Å². The molecule has 48 valence electrons. The first-order chi connectivity index (χ1) is 3.18. The van der Waals surface area contributed by atoms with Crippen molar-refractivity contribution in [1.29, 1.82) is 0 Å². The molecule has 0 radical (unpaired) electrons. The SMILES string of the molecule is O=C(O)C(O)CO.[InH3]. The van der Waals surface area contributed by atoms with Gasteiger partial charge < -0.3 is 15.3 Å². The van der Waals surface area contributed by atoms with Crippen molar-refractivity contribution in [2.24, 2.45) is 0 Å². The molecular formula is C3H9InO4. The molecular weight excluding hydrogens is 215 g/mol. The minimum atomic E-state index is -1.63. The fourth-order valence-corrected chi connectivity index (χ4v) is 0.0781. The Morgan fingerprint density at radius 3 is 2.00 bits per heavy atom. The van der Waals surface area contributed by atoms with E-state index in [9.17, 15) is 4.79 Å². The summed E-state index contributed by atoms with van der Waals surface area (Å²) in [6.07, 6.45) is -1.63. The Balaban J connectivity index is 0. The molecule has 3 N–H and O–H groups in total. The molecule has 0 aliphatic heterocycles. The van der Waals surface area contributed by atoms with Crippen LogP contribution in [0.2, 0.25) is 0 Å². The zero-order valence-corrected chi connectivity index (χ0v) is 3.53. The third-order valence-corrected chi connectivity index (χ3v) is 0.458. The van der Waals surface area contributed by atoms with Gasteiger partial charge in [0.15, 0.2) is 6.10 Å². The molecule has 0 aromatic heterocycles. The summed E-state index contributed by atoms with van der Waals surface area (Å²) in [5, 5.41) is 23.7. The molecule has 0 amide bonds. The van der Waals surface area contributed by atoms with Crippen LogP contribution in [0.25, 0.3) is 0 Å². The number of hydrogen-bond acceptors (Lipinski definition) is 3. The average molecular weight is 224 g/mol. The number of aliphatic carboxylic acids is 1. The number of aliphatic hydroxyl groups excluding tert-OH is 2. The first-order valence-electron chi connectivity index (χ1n) is 1.70. The van der Waals surface area contributed by atoms with Crippen LogP contribution in [0.15, 0.2) is 0 Å². The standard InChI is InChI=1S/C3H6O4.In.3H/c4-1-2(5)3(6)7;;;;/h2,4-5H,1H2,(H,6,7);;;;. The molecule has 0 saturated carbocycles. The molecule has 0 heterocycles. The summed E-state index contributed by atoms with van der Waals surface area (Å²) in [4.78, 5) is 9.52.